The van der Waals surface area contributed by atoms with E-state index in [0.29, 0.717) is 56.5 Å². The molecular formula is C23H24F3N3O3. The van der Waals surface area contributed by atoms with E-state index < -0.39 is 11.7 Å². The highest BCUT2D eigenvalue weighted by Gasteiger charge is 2.31. The van der Waals surface area contributed by atoms with Gasteiger partial charge in [-0.3, -0.25) is 9.59 Å². The lowest BCUT2D eigenvalue weighted by atomic mass is 10.1. The minimum Gasteiger partial charge on any atom is -0.490 e. The lowest BCUT2D eigenvalue weighted by Gasteiger charge is -2.36. The van der Waals surface area contributed by atoms with Crippen molar-refractivity contribution in [3.8, 4) is 5.75 Å². The van der Waals surface area contributed by atoms with Crippen molar-refractivity contribution in [2.75, 3.05) is 49.1 Å². The van der Waals surface area contributed by atoms with Gasteiger partial charge in [-0.1, -0.05) is 18.2 Å². The van der Waals surface area contributed by atoms with Gasteiger partial charge in [-0.25, -0.2) is 0 Å². The quantitative estimate of drug-likeness (QED) is 0.719. The van der Waals surface area contributed by atoms with Gasteiger partial charge < -0.3 is 19.4 Å². The van der Waals surface area contributed by atoms with E-state index in [4.69, 9.17) is 4.74 Å². The number of rotatable bonds is 4. The van der Waals surface area contributed by atoms with E-state index in [-0.39, 0.29) is 24.7 Å². The molecule has 0 aliphatic carbocycles. The molecule has 2 aliphatic rings. The fourth-order valence-electron chi connectivity index (χ4n) is 4.03. The smallest absolute Gasteiger partial charge is 0.416 e. The van der Waals surface area contributed by atoms with Crippen LogP contribution in [-0.2, 0) is 15.8 Å². The zero-order valence-electron chi connectivity index (χ0n) is 17.5. The van der Waals surface area contributed by atoms with Gasteiger partial charge in [-0.05, 0) is 30.3 Å². The molecule has 1 saturated heterocycles. The molecule has 0 unspecified atom stereocenters. The number of hydrogen-bond acceptors (Lipinski definition) is 4. The van der Waals surface area contributed by atoms with Crippen LogP contribution in [0.5, 0.6) is 5.75 Å². The molecule has 0 N–H and O–H groups in total. The fraction of sp³-hybridized carbons (Fsp3) is 0.391. The standard InChI is InChI=1S/C23H24F3N3O3/c24-23(25,26)17-4-3-5-18(16-17)27-10-12-28(13-11-27)21(30)8-9-22(31)29-14-15-32-20-7-2-1-6-19(20)29/h1-7,16H,8-15H2. The third-order valence-electron chi connectivity index (χ3n) is 5.75. The van der Waals surface area contributed by atoms with Crippen LogP contribution in [0.15, 0.2) is 48.5 Å². The Morgan fingerprint density at radius 2 is 1.59 bits per heavy atom. The van der Waals surface area contributed by atoms with Crippen molar-refractivity contribution >= 4 is 23.2 Å². The highest BCUT2D eigenvalue weighted by atomic mass is 19.4. The molecule has 2 amide bonds. The summed E-state index contributed by atoms with van der Waals surface area (Å²) in [5.41, 5.74) is 0.524. The van der Waals surface area contributed by atoms with Crippen molar-refractivity contribution in [2.24, 2.45) is 0 Å². The number of hydrogen-bond donors (Lipinski definition) is 0. The maximum atomic E-state index is 13.0. The molecule has 4 rings (SSSR count). The Labute approximate surface area is 184 Å². The van der Waals surface area contributed by atoms with E-state index in [9.17, 15) is 22.8 Å². The summed E-state index contributed by atoms with van der Waals surface area (Å²) in [6.45, 7) is 2.55. The largest absolute Gasteiger partial charge is 0.490 e. The van der Waals surface area contributed by atoms with Gasteiger partial charge >= 0.3 is 6.18 Å². The van der Waals surface area contributed by atoms with Crippen molar-refractivity contribution in [3.05, 3.63) is 54.1 Å². The molecule has 0 aromatic heterocycles. The number of piperazine rings is 1. The SMILES string of the molecule is O=C(CCC(=O)N1CCOc2ccccc21)N1CCN(c2cccc(C(F)(F)F)c2)CC1. The second-order valence-corrected chi connectivity index (χ2v) is 7.78. The predicted octanol–water partition coefficient (Wildman–Crippen LogP) is 3.56. The van der Waals surface area contributed by atoms with E-state index >= 15 is 0 Å². The molecule has 0 atom stereocenters. The minimum absolute atomic E-state index is 0.0982. The summed E-state index contributed by atoms with van der Waals surface area (Å²) < 4.78 is 44.4. The highest BCUT2D eigenvalue weighted by molar-refractivity contribution is 5.97. The zero-order valence-corrected chi connectivity index (χ0v) is 17.5. The number of ether oxygens (including phenoxy) is 1. The van der Waals surface area contributed by atoms with Gasteiger partial charge in [0.25, 0.3) is 0 Å². The Morgan fingerprint density at radius 3 is 2.34 bits per heavy atom. The van der Waals surface area contributed by atoms with Crippen LogP contribution in [-0.4, -0.2) is 56.0 Å². The predicted molar refractivity (Wildman–Crippen MR) is 114 cm³/mol. The molecule has 2 aliphatic heterocycles. The van der Waals surface area contributed by atoms with Gasteiger partial charge in [0.05, 0.1) is 17.8 Å². The average molecular weight is 447 g/mol. The van der Waals surface area contributed by atoms with Crippen LogP contribution >= 0.6 is 0 Å². The van der Waals surface area contributed by atoms with Crippen LogP contribution in [0.4, 0.5) is 24.5 Å². The number of nitrogens with zero attached hydrogens (tertiary/aromatic N) is 3. The maximum absolute atomic E-state index is 13.0. The van der Waals surface area contributed by atoms with E-state index in [1.165, 1.54) is 6.07 Å². The summed E-state index contributed by atoms with van der Waals surface area (Å²) in [5, 5.41) is 0. The molecule has 170 valence electrons. The van der Waals surface area contributed by atoms with E-state index in [2.05, 4.69) is 0 Å². The van der Waals surface area contributed by atoms with E-state index in [1.807, 2.05) is 29.2 Å². The van der Waals surface area contributed by atoms with Gasteiger partial charge in [0, 0.05) is 44.7 Å². The molecule has 0 radical (unpaired) electrons. The maximum Gasteiger partial charge on any atom is 0.416 e. The highest BCUT2D eigenvalue weighted by Crippen LogP contribution is 2.33. The summed E-state index contributed by atoms with van der Waals surface area (Å²) in [7, 11) is 0. The lowest BCUT2D eigenvalue weighted by Crippen LogP contribution is -2.49. The molecule has 2 aromatic carbocycles. The van der Waals surface area contributed by atoms with Crippen LogP contribution < -0.4 is 14.5 Å². The normalized spacial score (nSPS) is 16.4. The molecule has 0 spiro atoms. The lowest BCUT2D eigenvalue weighted by molar-refractivity contribution is -0.137. The Hall–Kier alpha value is -3.23. The molecule has 0 bridgehead atoms. The monoisotopic (exact) mass is 447 g/mol. The van der Waals surface area contributed by atoms with E-state index in [1.54, 1.807) is 15.9 Å². The first-order valence-corrected chi connectivity index (χ1v) is 10.5. The van der Waals surface area contributed by atoms with Crippen LogP contribution in [0.1, 0.15) is 18.4 Å². The summed E-state index contributed by atoms with van der Waals surface area (Å²) in [6, 6.07) is 12.5. The number of halogens is 3. The third kappa shape index (κ3) is 4.81. The van der Waals surface area contributed by atoms with Crippen molar-refractivity contribution < 1.29 is 27.5 Å². The van der Waals surface area contributed by atoms with Crippen molar-refractivity contribution in [3.63, 3.8) is 0 Å². The molecule has 2 heterocycles. The second-order valence-electron chi connectivity index (χ2n) is 7.78. The number of fused-ring (bicyclic) bond motifs is 1. The summed E-state index contributed by atoms with van der Waals surface area (Å²) in [6.07, 6.45) is -4.19. The number of amides is 2. The summed E-state index contributed by atoms with van der Waals surface area (Å²) in [5.74, 6) is 0.407. The van der Waals surface area contributed by atoms with Gasteiger partial charge in [0.15, 0.2) is 0 Å². The summed E-state index contributed by atoms with van der Waals surface area (Å²) >= 11 is 0. The molecule has 6 nitrogen and oxygen atoms in total. The fourth-order valence-corrected chi connectivity index (χ4v) is 4.03. The van der Waals surface area contributed by atoms with E-state index in [0.717, 1.165) is 12.1 Å². The van der Waals surface area contributed by atoms with Crippen molar-refractivity contribution in [1.82, 2.24) is 4.90 Å². The van der Waals surface area contributed by atoms with Gasteiger partial charge in [0.2, 0.25) is 11.8 Å². The number of para-hydroxylation sites is 2. The van der Waals surface area contributed by atoms with Crippen LogP contribution in [0, 0.1) is 0 Å². The molecule has 2 aromatic rings. The molecule has 0 saturated carbocycles. The molecule has 9 heteroatoms. The Balaban J connectivity index is 1.29. The van der Waals surface area contributed by atoms with Crippen LogP contribution in [0.2, 0.25) is 0 Å². The second kappa shape index (κ2) is 9.10. The number of carbonyl (C=O) groups excluding carboxylic acids is 2. The zero-order chi connectivity index (χ0) is 22.7. The van der Waals surface area contributed by atoms with Crippen LogP contribution in [0.25, 0.3) is 0 Å². The minimum atomic E-state index is -4.39. The first-order chi connectivity index (χ1) is 15.3. The first kappa shape index (κ1) is 22.0. The molecule has 1 fully saturated rings. The van der Waals surface area contributed by atoms with Crippen LogP contribution in [0.3, 0.4) is 0 Å². The summed E-state index contributed by atoms with van der Waals surface area (Å²) in [4.78, 5) is 30.5. The number of anilines is 2. The average Bonchev–Trinajstić information content (AvgIpc) is 2.81. The number of alkyl halides is 3. The Kier molecular flexibility index (Phi) is 6.25. The first-order valence-electron chi connectivity index (χ1n) is 10.5. The van der Waals surface area contributed by atoms with Crippen molar-refractivity contribution in [2.45, 2.75) is 19.0 Å². The Morgan fingerprint density at radius 1 is 0.875 bits per heavy atom. The topological polar surface area (TPSA) is 53.1 Å². The Bertz CT molecular complexity index is 988. The van der Waals surface area contributed by atoms with Crippen molar-refractivity contribution in [1.29, 1.82) is 0 Å². The van der Waals surface area contributed by atoms with Gasteiger partial charge in [0.1, 0.15) is 12.4 Å². The third-order valence-corrected chi connectivity index (χ3v) is 5.75. The van der Waals surface area contributed by atoms with Gasteiger partial charge in [-0.2, -0.15) is 13.2 Å². The molecular weight excluding hydrogens is 423 g/mol. The van der Waals surface area contributed by atoms with Gasteiger partial charge in [-0.15, -0.1) is 0 Å². The number of carbonyl (C=O) groups is 2. The molecule has 32 heavy (non-hydrogen) atoms. The number of benzene rings is 2.